The summed E-state index contributed by atoms with van der Waals surface area (Å²) in [6.07, 6.45) is 2.01. The van der Waals surface area contributed by atoms with Crippen molar-refractivity contribution in [3.8, 4) is 0 Å². The number of pyridine rings is 3. The van der Waals surface area contributed by atoms with Crippen molar-refractivity contribution in [1.82, 2.24) is 19.9 Å². The van der Waals surface area contributed by atoms with Crippen LogP contribution < -0.4 is 5.32 Å². The van der Waals surface area contributed by atoms with Crippen molar-refractivity contribution in [3.05, 3.63) is 82.5 Å². The van der Waals surface area contributed by atoms with Crippen LogP contribution in [0.2, 0.25) is 5.15 Å². The molecular formula is C20H15ClF3N5. The Morgan fingerprint density at radius 1 is 1.03 bits per heavy atom. The Labute approximate surface area is 169 Å². The first-order chi connectivity index (χ1) is 13.9. The average Bonchev–Trinajstić information content (AvgIpc) is 3.11. The summed E-state index contributed by atoms with van der Waals surface area (Å²) in [5.41, 5.74) is 1.94. The topological polar surface area (TPSA) is 66.5 Å². The molecule has 0 aliphatic carbocycles. The van der Waals surface area contributed by atoms with Crippen molar-refractivity contribution in [2.45, 2.75) is 19.1 Å². The van der Waals surface area contributed by atoms with Crippen LogP contribution in [0.5, 0.6) is 0 Å². The largest absolute Gasteiger partial charge is 0.416 e. The summed E-state index contributed by atoms with van der Waals surface area (Å²) in [7, 11) is 0. The zero-order chi connectivity index (χ0) is 20.4. The van der Waals surface area contributed by atoms with Crippen LogP contribution in [0, 0.1) is 0 Å². The summed E-state index contributed by atoms with van der Waals surface area (Å²) in [4.78, 5) is 15.4. The van der Waals surface area contributed by atoms with Crippen LogP contribution in [-0.2, 0) is 19.1 Å². The molecule has 0 unspecified atom stereocenters. The molecule has 0 saturated heterocycles. The number of hydrogen-bond donors (Lipinski definition) is 2. The van der Waals surface area contributed by atoms with Gasteiger partial charge in [0.1, 0.15) is 16.6 Å². The van der Waals surface area contributed by atoms with Crippen LogP contribution >= 0.6 is 11.6 Å². The monoisotopic (exact) mass is 417 g/mol. The van der Waals surface area contributed by atoms with Crippen LogP contribution in [-0.4, -0.2) is 19.9 Å². The lowest BCUT2D eigenvalue weighted by molar-refractivity contribution is -0.138. The second-order valence-corrected chi connectivity index (χ2v) is 6.78. The third-order valence-electron chi connectivity index (χ3n) is 4.51. The Bertz CT molecular complexity index is 1160. The molecule has 0 spiro atoms. The zero-order valence-corrected chi connectivity index (χ0v) is 15.7. The predicted molar refractivity (Wildman–Crippen MR) is 105 cm³/mol. The predicted octanol–water partition coefficient (Wildman–Crippen LogP) is 5.23. The Balaban J connectivity index is 1.50. The normalized spacial score (nSPS) is 11.7. The zero-order valence-electron chi connectivity index (χ0n) is 15.0. The average molecular weight is 418 g/mol. The highest BCUT2D eigenvalue weighted by molar-refractivity contribution is 6.30. The van der Waals surface area contributed by atoms with Gasteiger partial charge >= 0.3 is 6.18 Å². The van der Waals surface area contributed by atoms with Gasteiger partial charge in [0.05, 0.1) is 5.56 Å². The highest BCUT2D eigenvalue weighted by atomic mass is 35.5. The number of rotatable bonds is 5. The molecule has 0 bridgehead atoms. The molecule has 0 atom stereocenters. The van der Waals surface area contributed by atoms with Gasteiger partial charge in [-0.05, 0) is 35.4 Å². The Kier molecular flexibility index (Phi) is 5.10. The number of H-pyrrole nitrogens is 1. The highest BCUT2D eigenvalue weighted by Crippen LogP contribution is 2.32. The van der Waals surface area contributed by atoms with E-state index in [-0.39, 0.29) is 17.3 Å². The molecule has 4 aromatic heterocycles. The smallest absolute Gasteiger partial charge is 0.366 e. The molecule has 0 amide bonds. The molecule has 0 fully saturated rings. The second kappa shape index (κ2) is 7.71. The number of anilines is 1. The molecule has 0 aliphatic rings. The first kappa shape index (κ1) is 19.2. The molecule has 148 valence electrons. The molecule has 0 saturated carbocycles. The molecule has 0 aliphatic heterocycles. The Morgan fingerprint density at radius 2 is 1.90 bits per heavy atom. The minimum Gasteiger partial charge on any atom is -0.366 e. The first-order valence-electron chi connectivity index (χ1n) is 8.72. The number of alkyl halides is 3. The fraction of sp³-hybridized carbons (Fsp3) is 0.150. The number of hydrogen-bond acceptors (Lipinski definition) is 4. The molecule has 4 rings (SSSR count). The fourth-order valence-electron chi connectivity index (χ4n) is 3.09. The van der Waals surface area contributed by atoms with E-state index in [4.69, 9.17) is 11.6 Å². The summed E-state index contributed by atoms with van der Waals surface area (Å²) < 4.78 is 39.2. The quantitative estimate of drug-likeness (QED) is 0.436. The lowest BCUT2D eigenvalue weighted by atomic mass is 10.1. The number of nitrogens with zero attached hydrogens (tertiary/aromatic N) is 3. The number of aromatic amines is 1. The van der Waals surface area contributed by atoms with Crippen molar-refractivity contribution in [2.24, 2.45) is 0 Å². The number of halogens is 4. The molecule has 5 nitrogen and oxygen atoms in total. The van der Waals surface area contributed by atoms with Gasteiger partial charge in [-0.2, -0.15) is 13.2 Å². The third kappa shape index (κ3) is 4.17. The Morgan fingerprint density at radius 3 is 2.69 bits per heavy atom. The van der Waals surface area contributed by atoms with E-state index in [1.54, 1.807) is 18.3 Å². The molecule has 0 radical (unpaired) electrons. The number of nitrogens with one attached hydrogen (secondary N) is 2. The van der Waals surface area contributed by atoms with Gasteiger partial charge in [0.25, 0.3) is 0 Å². The van der Waals surface area contributed by atoms with Crippen LogP contribution in [0.25, 0.3) is 11.0 Å². The van der Waals surface area contributed by atoms with E-state index in [9.17, 15) is 13.2 Å². The molecular weight excluding hydrogens is 403 g/mol. The summed E-state index contributed by atoms with van der Waals surface area (Å²) in [5, 5.41) is 4.17. The molecule has 4 heterocycles. The van der Waals surface area contributed by atoms with E-state index in [1.165, 1.54) is 6.20 Å². The lowest BCUT2D eigenvalue weighted by Gasteiger charge is -2.13. The van der Waals surface area contributed by atoms with Gasteiger partial charge < -0.3 is 10.3 Å². The highest BCUT2D eigenvalue weighted by Gasteiger charge is 2.33. The van der Waals surface area contributed by atoms with E-state index in [0.29, 0.717) is 12.2 Å². The number of fused-ring (bicyclic) bond motifs is 1. The van der Waals surface area contributed by atoms with Crippen molar-refractivity contribution in [1.29, 1.82) is 0 Å². The summed E-state index contributed by atoms with van der Waals surface area (Å²) in [6, 6.07) is 8.28. The third-order valence-corrected chi connectivity index (χ3v) is 4.84. The van der Waals surface area contributed by atoms with E-state index in [2.05, 4.69) is 25.3 Å². The van der Waals surface area contributed by atoms with E-state index in [0.717, 1.165) is 34.4 Å². The minimum atomic E-state index is -4.44. The summed E-state index contributed by atoms with van der Waals surface area (Å²) in [6.45, 7) is -0.0700. The molecule has 2 N–H and O–H groups in total. The second-order valence-electron chi connectivity index (χ2n) is 6.42. The van der Waals surface area contributed by atoms with E-state index >= 15 is 0 Å². The number of aromatic nitrogens is 4. The standard InChI is InChI=1S/C20H15ClF3N5/c21-18-12(8-13-10-28-19-15(13)2-1-6-26-19)3-4-17(29-18)27-11-14-9-25-7-5-16(14)20(22,23)24/h1-7,9-10H,8,11H2,(H,26,28)(H,27,29). The van der Waals surface area contributed by atoms with Gasteiger partial charge in [-0.3, -0.25) is 4.98 Å². The minimum absolute atomic E-state index is 0.0355. The maximum absolute atomic E-state index is 13.1. The lowest BCUT2D eigenvalue weighted by Crippen LogP contribution is -2.12. The van der Waals surface area contributed by atoms with Gasteiger partial charge in [0.2, 0.25) is 0 Å². The summed E-state index contributed by atoms with van der Waals surface area (Å²) in [5.74, 6) is 0.385. The van der Waals surface area contributed by atoms with E-state index < -0.39 is 11.7 Å². The van der Waals surface area contributed by atoms with Crippen molar-refractivity contribution < 1.29 is 13.2 Å². The van der Waals surface area contributed by atoms with Crippen LogP contribution in [0.4, 0.5) is 19.0 Å². The molecule has 9 heteroatoms. The SMILES string of the molecule is FC(F)(F)c1ccncc1CNc1ccc(Cc2c[nH]c3ncccc23)c(Cl)n1. The van der Waals surface area contributed by atoms with Crippen LogP contribution in [0.15, 0.2) is 55.1 Å². The summed E-state index contributed by atoms with van der Waals surface area (Å²) >= 11 is 6.31. The van der Waals surface area contributed by atoms with Gasteiger partial charge in [0.15, 0.2) is 0 Å². The Hall–Kier alpha value is -3.13. The van der Waals surface area contributed by atoms with Crippen LogP contribution in [0.1, 0.15) is 22.3 Å². The molecule has 29 heavy (non-hydrogen) atoms. The van der Waals surface area contributed by atoms with Gasteiger partial charge in [-0.1, -0.05) is 17.7 Å². The van der Waals surface area contributed by atoms with Crippen molar-refractivity contribution in [3.63, 3.8) is 0 Å². The maximum Gasteiger partial charge on any atom is 0.416 e. The fourth-order valence-corrected chi connectivity index (χ4v) is 3.31. The van der Waals surface area contributed by atoms with Gasteiger partial charge in [0, 0.05) is 48.7 Å². The van der Waals surface area contributed by atoms with Crippen molar-refractivity contribution in [2.75, 3.05) is 5.32 Å². The maximum atomic E-state index is 13.1. The van der Waals surface area contributed by atoms with Gasteiger partial charge in [-0.15, -0.1) is 0 Å². The molecule has 4 aromatic rings. The van der Waals surface area contributed by atoms with Gasteiger partial charge in [-0.25, -0.2) is 9.97 Å². The molecule has 0 aromatic carbocycles. The van der Waals surface area contributed by atoms with E-state index in [1.807, 2.05) is 18.3 Å². The van der Waals surface area contributed by atoms with Crippen molar-refractivity contribution >= 4 is 28.5 Å². The first-order valence-corrected chi connectivity index (χ1v) is 9.10. The van der Waals surface area contributed by atoms with Crippen LogP contribution in [0.3, 0.4) is 0 Å².